The van der Waals surface area contributed by atoms with Crippen LogP contribution in [-0.4, -0.2) is 8.32 Å². The van der Waals surface area contributed by atoms with E-state index in [1.165, 1.54) is 5.76 Å². The lowest BCUT2D eigenvalue weighted by Gasteiger charge is -2.41. The molecule has 0 spiro atoms. The molecule has 1 atom stereocenters. The molecule has 0 aliphatic heterocycles. The zero-order valence-corrected chi connectivity index (χ0v) is 12.7. The summed E-state index contributed by atoms with van der Waals surface area (Å²) in [6, 6.07) is 0. The fraction of sp³-hybridized carbons (Fsp3) is 0.714. The van der Waals surface area contributed by atoms with Crippen molar-refractivity contribution in [3.63, 3.8) is 0 Å². The molecule has 0 N–H and O–H groups in total. The van der Waals surface area contributed by atoms with Crippen LogP contribution in [0.25, 0.3) is 0 Å². The molecule has 0 aromatic heterocycles. The molecule has 0 aromatic carbocycles. The topological polar surface area (TPSA) is 9.23 Å². The van der Waals surface area contributed by atoms with Gasteiger partial charge in [-0.05, 0) is 37.6 Å². The SMILES string of the molecule is C=CC1(C)C=C(O[Si](C)(C)C)CC(C)(C)C1. The summed E-state index contributed by atoms with van der Waals surface area (Å²) in [6.07, 6.45) is 6.55. The number of rotatable bonds is 3. The van der Waals surface area contributed by atoms with Crippen molar-refractivity contribution in [2.45, 2.75) is 53.3 Å². The molecular weight excluding hydrogens is 212 g/mol. The van der Waals surface area contributed by atoms with Crippen LogP contribution in [0.2, 0.25) is 19.6 Å². The van der Waals surface area contributed by atoms with E-state index in [2.05, 4.69) is 59.1 Å². The minimum Gasteiger partial charge on any atom is -0.548 e. The molecule has 1 aliphatic rings. The van der Waals surface area contributed by atoms with E-state index >= 15 is 0 Å². The fourth-order valence-electron chi connectivity index (χ4n) is 2.63. The zero-order valence-electron chi connectivity index (χ0n) is 11.7. The molecule has 16 heavy (non-hydrogen) atoms. The van der Waals surface area contributed by atoms with Crippen molar-refractivity contribution in [1.82, 2.24) is 0 Å². The average molecular weight is 238 g/mol. The van der Waals surface area contributed by atoms with Gasteiger partial charge >= 0.3 is 0 Å². The van der Waals surface area contributed by atoms with Crippen molar-refractivity contribution in [2.75, 3.05) is 0 Å². The summed E-state index contributed by atoms with van der Waals surface area (Å²) < 4.78 is 6.16. The van der Waals surface area contributed by atoms with E-state index in [1.807, 2.05) is 0 Å². The van der Waals surface area contributed by atoms with Crippen LogP contribution in [0.1, 0.15) is 33.6 Å². The van der Waals surface area contributed by atoms with Gasteiger partial charge in [-0.3, -0.25) is 0 Å². The van der Waals surface area contributed by atoms with E-state index in [1.54, 1.807) is 0 Å². The third-order valence-electron chi connectivity index (χ3n) is 2.91. The van der Waals surface area contributed by atoms with Crippen LogP contribution in [0.4, 0.5) is 0 Å². The van der Waals surface area contributed by atoms with E-state index < -0.39 is 8.32 Å². The maximum atomic E-state index is 6.16. The first kappa shape index (κ1) is 13.6. The van der Waals surface area contributed by atoms with Crippen molar-refractivity contribution in [3.05, 3.63) is 24.5 Å². The highest BCUT2D eigenvalue weighted by molar-refractivity contribution is 6.70. The summed E-state index contributed by atoms with van der Waals surface area (Å²) in [6.45, 7) is 17.5. The van der Waals surface area contributed by atoms with Gasteiger partial charge in [0, 0.05) is 11.8 Å². The Hall–Kier alpha value is -0.503. The van der Waals surface area contributed by atoms with Crippen molar-refractivity contribution in [1.29, 1.82) is 0 Å². The Balaban J connectivity index is 2.96. The van der Waals surface area contributed by atoms with Crippen molar-refractivity contribution >= 4 is 8.32 Å². The Kier molecular flexibility index (Phi) is 3.44. The number of hydrogen-bond acceptors (Lipinski definition) is 1. The van der Waals surface area contributed by atoms with Gasteiger partial charge in [0.15, 0.2) is 0 Å². The minimum atomic E-state index is -1.49. The summed E-state index contributed by atoms with van der Waals surface area (Å²) >= 11 is 0. The predicted octanol–water partition coefficient (Wildman–Crippen LogP) is 4.73. The van der Waals surface area contributed by atoms with Crippen molar-refractivity contribution in [2.24, 2.45) is 10.8 Å². The van der Waals surface area contributed by atoms with Gasteiger partial charge in [0.25, 0.3) is 0 Å². The van der Waals surface area contributed by atoms with Gasteiger partial charge in [-0.1, -0.05) is 26.8 Å². The number of allylic oxidation sites excluding steroid dienone is 3. The van der Waals surface area contributed by atoms with Gasteiger partial charge < -0.3 is 4.43 Å². The molecule has 1 nitrogen and oxygen atoms in total. The summed E-state index contributed by atoms with van der Waals surface area (Å²) in [4.78, 5) is 0. The van der Waals surface area contributed by atoms with Gasteiger partial charge in [0.05, 0.1) is 5.76 Å². The average Bonchev–Trinajstić information content (AvgIpc) is 1.96. The normalized spacial score (nSPS) is 29.5. The second-order valence-corrected chi connectivity index (χ2v) is 11.5. The lowest BCUT2D eigenvalue weighted by atomic mass is 9.68. The summed E-state index contributed by atoms with van der Waals surface area (Å²) in [5.74, 6) is 1.18. The van der Waals surface area contributed by atoms with Crippen LogP contribution in [0, 0.1) is 10.8 Å². The Labute approximate surface area is 102 Å². The molecule has 0 saturated carbocycles. The quantitative estimate of drug-likeness (QED) is 0.510. The molecule has 1 aliphatic carbocycles. The standard InChI is InChI=1S/C14H26OSi/c1-8-14(4)10-12(15-16(5,6)7)9-13(2,3)11-14/h8,10H,1,9,11H2,2-7H3. The molecule has 92 valence electrons. The second kappa shape index (κ2) is 4.06. The minimum absolute atomic E-state index is 0.0940. The first-order valence-corrected chi connectivity index (χ1v) is 9.50. The van der Waals surface area contributed by atoms with Gasteiger partial charge in [-0.15, -0.1) is 6.58 Å². The van der Waals surface area contributed by atoms with Crippen LogP contribution in [0.5, 0.6) is 0 Å². The van der Waals surface area contributed by atoms with Crippen molar-refractivity contribution in [3.8, 4) is 0 Å². The largest absolute Gasteiger partial charge is 0.548 e. The first-order chi connectivity index (χ1) is 7.05. The molecular formula is C14H26OSi. The monoisotopic (exact) mass is 238 g/mol. The van der Waals surface area contributed by atoms with E-state index in [4.69, 9.17) is 4.43 Å². The molecule has 0 aromatic rings. The van der Waals surface area contributed by atoms with Gasteiger partial charge in [0.1, 0.15) is 0 Å². The lowest BCUT2D eigenvalue weighted by molar-refractivity contribution is 0.194. The van der Waals surface area contributed by atoms with Crippen LogP contribution in [0.3, 0.4) is 0 Å². The second-order valence-electron chi connectivity index (χ2n) is 7.05. The highest BCUT2D eigenvalue weighted by Gasteiger charge is 2.36. The third-order valence-corrected chi connectivity index (χ3v) is 3.78. The highest BCUT2D eigenvalue weighted by atomic mass is 28.4. The zero-order chi connectivity index (χ0) is 12.6. The lowest BCUT2D eigenvalue weighted by Crippen LogP contribution is -2.33. The molecule has 0 amide bonds. The van der Waals surface area contributed by atoms with Crippen LogP contribution >= 0.6 is 0 Å². The molecule has 0 bridgehead atoms. The molecule has 1 unspecified atom stereocenters. The third kappa shape index (κ3) is 3.82. The molecule has 2 heteroatoms. The van der Waals surface area contributed by atoms with E-state index in [0.29, 0.717) is 5.41 Å². The summed E-state index contributed by atoms with van der Waals surface area (Å²) in [5.41, 5.74) is 0.406. The fourth-order valence-corrected chi connectivity index (χ4v) is 3.54. The molecule has 1 rings (SSSR count). The van der Waals surface area contributed by atoms with Crippen LogP contribution in [0.15, 0.2) is 24.5 Å². The van der Waals surface area contributed by atoms with E-state index in [0.717, 1.165) is 12.8 Å². The van der Waals surface area contributed by atoms with Gasteiger partial charge in [-0.2, -0.15) is 0 Å². The first-order valence-electron chi connectivity index (χ1n) is 6.10. The Bertz CT molecular complexity index is 309. The van der Waals surface area contributed by atoms with Crippen LogP contribution < -0.4 is 0 Å². The van der Waals surface area contributed by atoms with E-state index in [9.17, 15) is 0 Å². The summed E-state index contributed by atoms with van der Waals surface area (Å²) in [7, 11) is -1.49. The van der Waals surface area contributed by atoms with Crippen molar-refractivity contribution < 1.29 is 4.43 Å². The molecule has 0 radical (unpaired) electrons. The molecule has 0 saturated heterocycles. The van der Waals surface area contributed by atoms with Gasteiger partial charge in [0.2, 0.25) is 8.32 Å². The number of hydrogen-bond donors (Lipinski definition) is 0. The summed E-state index contributed by atoms with van der Waals surface area (Å²) in [5, 5.41) is 0. The maximum absolute atomic E-state index is 6.16. The Morgan fingerprint density at radius 3 is 2.31 bits per heavy atom. The predicted molar refractivity (Wildman–Crippen MR) is 73.8 cm³/mol. The Morgan fingerprint density at radius 2 is 1.88 bits per heavy atom. The maximum Gasteiger partial charge on any atom is 0.241 e. The smallest absolute Gasteiger partial charge is 0.241 e. The van der Waals surface area contributed by atoms with E-state index in [-0.39, 0.29) is 5.41 Å². The molecule has 0 heterocycles. The van der Waals surface area contributed by atoms with Crippen LogP contribution in [-0.2, 0) is 4.43 Å². The Morgan fingerprint density at radius 1 is 1.31 bits per heavy atom. The van der Waals surface area contributed by atoms with Gasteiger partial charge in [-0.25, -0.2) is 0 Å². The highest BCUT2D eigenvalue weighted by Crippen LogP contribution is 2.46. The molecule has 0 fully saturated rings.